The largest absolute Gasteiger partial charge is 0.456 e. The molecule has 4 rings (SSSR count). The van der Waals surface area contributed by atoms with E-state index in [1.54, 1.807) is 24.4 Å². The van der Waals surface area contributed by atoms with Gasteiger partial charge < -0.3 is 4.42 Å². The monoisotopic (exact) mass is 318 g/mol. The van der Waals surface area contributed by atoms with Gasteiger partial charge in [0.15, 0.2) is 0 Å². The second-order valence-corrected chi connectivity index (χ2v) is 7.04. The summed E-state index contributed by atoms with van der Waals surface area (Å²) in [6.07, 6.45) is 0.186. The van der Waals surface area contributed by atoms with E-state index in [0.717, 1.165) is 33.2 Å². The molecule has 0 radical (unpaired) electrons. The Morgan fingerprint density at radius 1 is 1.04 bits per heavy atom. The summed E-state index contributed by atoms with van der Waals surface area (Å²) in [5, 5.41) is 1.84. The van der Waals surface area contributed by atoms with Gasteiger partial charge in [-0.05, 0) is 53.7 Å². The van der Waals surface area contributed by atoms with Crippen LogP contribution in [0.4, 0.5) is 0 Å². The van der Waals surface area contributed by atoms with Crippen molar-refractivity contribution < 1.29 is 8.53 Å². The molecule has 24 heavy (non-hydrogen) atoms. The fourth-order valence-electron chi connectivity index (χ4n) is 2.92. The molecule has 0 aliphatic heterocycles. The maximum Gasteiger partial charge on any atom is 0.135 e. The molecule has 2 heteroatoms. The third-order valence-electron chi connectivity index (χ3n) is 3.89. The van der Waals surface area contributed by atoms with Crippen LogP contribution < -0.4 is 0 Å². The van der Waals surface area contributed by atoms with Crippen molar-refractivity contribution in [3.05, 3.63) is 66.3 Å². The molecule has 0 N–H and O–H groups in total. The maximum atomic E-state index is 8.52. The summed E-state index contributed by atoms with van der Waals surface area (Å²) in [6.45, 7) is 5.69. The van der Waals surface area contributed by atoms with E-state index in [4.69, 9.17) is 8.53 Å². The van der Waals surface area contributed by atoms with E-state index in [-0.39, 0.29) is 0 Å². The van der Waals surface area contributed by atoms with Crippen LogP contribution in [0, 0.1) is 5.41 Å². The smallest absolute Gasteiger partial charge is 0.135 e. The summed E-state index contributed by atoms with van der Waals surface area (Å²) in [6, 6.07) is 15.2. The van der Waals surface area contributed by atoms with Crippen LogP contribution in [-0.4, -0.2) is 4.98 Å². The molecule has 0 amide bonds. The Morgan fingerprint density at radius 3 is 2.71 bits per heavy atom. The lowest BCUT2D eigenvalue weighted by Gasteiger charge is -2.18. The Morgan fingerprint density at radius 2 is 1.88 bits per heavy atom. The molecule has 0 atom stereocenters. The van der Waals surface area contributed by atoms with Crippen molar-refractivity contribution in [1.82, 2.24) is 4.98 Å². The van der Waals surface area contributed by atoms with Crippen LogP contribution in [0.15, 0.2) is 65.2 Å². The molecule has 2 aromatic heterocycles. The average molecular weight is 318 g/mol. The predicted octanol–water partition coefficient (Wildman–Crippen LogP) is 6.24. The molecular weight excluding hydrogens is 294 g/mol. The molecule has 0 fully saturated rings. The Labute approximate surface area is 146 Å². The second kappa shape index (κ2) is 5.48. The standard InChI is InChI=1S/C22H21NO/c1-22(2,3)14-15-10-11-23-19(12-15)16-8-9-21-18(13-16)17-6-4-5-7-20(17)24-21/h4-13H,14H2,1-3H3/i4D,14D2. The summed E-state index contributed by atoms with van der Waals surface area (Å²) < 4.78 is 30.8. The molecule has 0 saturated carbocycles. The van der Waals surface area contributed by atoms with Gasteiger partial charge in [-0.25, -0.2) is 0 Å². The highest BCUT2D eigenvalue weighted by Gasteiger charge is 2.13. The van der Waals surface area contributed by atoms with Crippen molar-refractivity contribution in [2.45, 2.75) is 27.1 Å². The normalized spacial score (nSPS) is 14.5. The summed E-state index contributed by atoms with van der Waals surface area (Å²) in [5.74, 6) is 0. The zero-order valence-electron chi connectivity index (χ0n) is 17.1. The van der Waals surface area contributed by atoms with Crippen LogP contribution in [0.2, 0.25) is 0 Å². The number of hydrogen-bond acceptors (Lipinski definition) is 2. The number of aromatic nitrogens is 1. The van der Waals surface area contributed by atoms with Gasteiger partial charge in [-0.3, -0.25) is 4.98 Å². The number of para-hydroxylation sites is 1. The Balaban J connectivity index is 1.86. The molecule has 0 unspecified atom stereocenters. The molecule has 0 bridgehead atoms. The van der Waals surface area contributed by atoms with E-state index >= 15 is 0 Å². The Bertz CT molecular complexity index is 1160. The zero-order chi connectivity index (χ0) is 19.4. The van der Waals surface area contributed by atoms with Gasteiger partial charge in [-0.15, -0.1) is 0 Å². The number of hydrogen-bond donors (Lipinski definition) is 0. The fourth-order valence-corrected chi connectivity index (χ4v) is 2.92. The van der Waals surface area contributed by atoms with Gasteiger partial charge in [0.05, 0.1) is 7.06 Å². The van der Waals surface area contributed by atoms with Crippen molar-refractivity contribution in [2.24, 2.45) is 5.41 Å². The van der Waals surface area contributed by atoms with Gasteiger partial charge in [0, 0.05) is 25.3 Å². The van der Waals surface area contributed by atoms with Crippen LogP contribution in [0.5, 0.6) is 0 Å². The molecule has 0 spiro atoms. The molecule has 4 aromatic rings. The highest BCUT2D eigenvalue weighted by atomic mass is 16.3. The summed E-state index contributed by atoms with van der Waals surface area (Å²) in [4.78, 5) is 4.46. The SMILES string of the molecule is [2H]c1ccc2oc3ccc(-c4cc(C([2H])([2H])C(C)(C)C)ccn4)cc3c2c1. The quantitative estimate of drug-likeness (QED) is 0.437. The minimum atomic E-state index is -1.47. The van der Waals surface area contributed by atoms with E-state index in [0.29, 0.717) is 11.6 Å². The molecule has 0 saturated heterocycles. The molecular formula is C22H21NO. The number of rotatable bonds is 2. The van der Waals surface area contributed by atoms with E-state index in [1.165, 1.54) is 0 Å². The number of benzene rings is 2. The third-order valence-corrected chi connectivity index (χ3v) is 3.89. The van der Waals surface area contributed by atoms with Crippen molar-refractivity contribution in [3.8, 4) is 11.3 Å². The van der Waals surface area contributed by atoms with E-state index in [9.17, 15) is 0 Å². The second-order valence-electron chi connectivity index (χ2n) is 7.04. The van der Waals surface area contributed by atoms with Crippen LogP contribution >= 0.6 is 0 Å². The van der Waals surface area contributed by atoms with Gasteiger partial charge in [-0.2, -0.15) is 0 Å². The minimum Gasteiger partial charge on any atom is -0.456 e. The lowest BCUT2D eigenvalue weighted by Crippen LogP contribution is -2.09. The molecule has 120 valence electrons. The topological polar surface area (TPSA) is 26.0 Å². The van der Waals surface area contributed by atoms with Gasteiger partial charge >= 0.3 is 0 Å². The van der Waals surface area contributed by atoms with E-state index in [1.807, 2.05) is 51.1 Å². The van der Waals surface area contributed by atoms with Gasteiger partial charge in [0.1, 0.15) is 11.2 Å². The number of fused-ring (bicyclic) bond motifs is 3. The van der Waals surface area contributed by atoms with Gasteiger partial charge in [-0.1, -0.05) is 38.9 Å². The lowest BCUT2D eigenvalue weighted by molar-refractivity contribution is 0.411. The molecule has 2 heterocycles. The van der Waals surface area contributed by atoms with Crippen molar-refractivity contribution >= 4 is 21.9 Å². The minimum absolute atomic E-state index is 0.439. The van der Waals surface area contributed by atoms with Crippen LogP contribution in [0.3, 0.4) is 0 Å². The van der Waals surface area contributed by atoms with Crippen molar-refractivity contribution in [1.29, 1.82) is 0 Å². The maximum absolute atomic E-state index is 8.52. The molecule has 2 aromatic carbocycles. The number of furan rings is 1. The average Bonchev–Trinajstić information content (AvgIpc) is 2.98. The highest BCUT2D eigenvalue weighted by Crippen LogP contribution is 2.32. The van der Waals surface area contributed by atoms with Gasteiger partial charge in [0.25, 0.3) is 0 Å². The molecule has 0 aliphatic rings. The summed E-state index contributed by atoms with van der Waals surface area (Å²) in [5.41, 5.74) is 3.22. The first-order valence-corrected chi connectivity index (χ1v) is 8.07. The molecule has 2 nitrogen and oxygen atoms in total. The third kappa shape index (κ3) is 2.80. The van der Waals surface area contributed by atoms with E-state index in [2.05, 4.69) is 4.98 Å². The highest BCUT2D eigenvalue weighted by molar-refractivity contribution is 6.06. The van der Waals surface area contributed by atoms with Crippen LogP contribution in [0.1, 0.15) is 30.4 Å². The van der Waals surface area contributed by atoms with E-state index < -0.39 is 11.8 Å². The zero-order valence-corrected chi connectivity index (χ0v) is 14.1. The predicted molar refractivity (Wildman–Crippen MR) is 100 cm³/mol. The lowest BCUT2D eigenvalue weighted by atomic mass is 9.88. The van der Waals surface area contributed by atoms with Crippen LogP contribution in [0.25, 0.3) is 33.2 Å². The van der Waals surface area contributed by atoms with Crippen molar-refractivity contribution in [2.75, 3.05) is 0 Å². The van der Waals surface area contributed by atoms with Crippen molar-refractivity contribution in [3.63, 3.8) is 0 Å². The number of nitrogens with zero attached hydrogens (tertiary/aromatic N) is 1. The Hall–Kier alpha value is -2.61. The molecule has 0 aliphatic carbocycles. The summed E-state index contributed by atoms with van der Waals surface area (Å²) in [7, 11) is 0. The first kappa shape index (κ1) is 11.9. The van der Waals surface area contributed by atoms with Gasteiger partial charge in [0.2, 0.25) is 0 Å². The fraction of sp³-hybridized carbons (Fsp3) is 0.227. The Kier molecular flexibility index (Phi) is 2.71. The number of pyridine rings is 1. The first-order chi connectivity index (χ1) is 12.7. The first-order valence-electron chi connectivity index (χ1n) is 9.57. The van der Waals surface area contributed by atoms with Crippen LogP contribution in [-0.2, 0) is 6.37 Å². The summed E-state index contributed by atoms with van der Waals surface area (Å²) >= 11 is 0.